The molecule has 0 aliphatic heterocycles. The summed E-state index contributed by atoms with van der Waals surface area (Å²) in [7, 11) is 0. The lowest BCUT2D eigenvalue weighted by molar-refractivity contribution is -0.311. The summed E-state index contributed by atoms with van der Waals surface area (Å²) in [4.78, 5) is 21.5. The summed E-state index contributed by atoms with van der Waals surface area (Å²) < 4.78 is 0. The van der Waals surface area contributed by atoms with Crippen LogP contribution in [0.4, 0.5) is 0 Å². The highest BCUT2D eigenvalue weighted by Crippen LogP contribution is 2.31. The van der Waals surface area contributed by atoms with Gasteiger partial charge in [-0.1, -0.05) is 12.2 Å². The fourth-order valence-electron chi connectivity index (χ4n) is 1.59. The van der Waals surface area contributed by atoms with Gasteiger partial charge >= 0.3 is 0 Å². The normalized spacial score (nSPS) is 30.5. The van der Waals surface area contributed by atoms with Crippen molar-refractivity contribution in [2.75, 3.05) is 0 Å². The van der Waals surface area contributed by atoms with Crippen molar-refractivity contribution in [3.63, 3.8) is 0 Å². The van der Waals surface area contributed by atoms with Crippen LogP contribution in [0.15, 0.2) is 23.3 Å². The van der Waals surface area contributed by atoms with Crippen molar-refractivity contribution in [3.8, 4) is 0 Å². The number of hydrogen-bond acceptors (Lipinski definition) is 5. The number of rotatable bonds is 2. The molecular weight excluding hydrogens is 198 g/mol. The SMILES string of the molecule is CC1=C(C(=O)[O-])C=CC(C(=O)[O-])C1(C)N. The Morgan fingerprint density at radius 3 is 2.40 bits per heavy atom. The number of nitrogens with two attached hydrogens (primary N) is 1. The van der Waals surface area contributed by atoms with Gasteiger partial charge in [-0.05, 0) is 25.0 Å². The number of carboxylic acid groups (broad SMARTS) is 2. The van der Waals surface area contributed by atoms with Gasteiger partial charge in [-0.3, -0.25) is 0 Å². The Labute approximate surface area is 86.9 Å². The molecule has 0 fully saturated rings. The molecule has 2 N–H and O–H groups in total. The van der Waals surface area contributed by atoms with Gasteiger partial charge in [-0.25, -0.2) is 0 Å². The monoisotopic (exact) mass is 209 g/mol. The van der Waals surface area contributed by atoms with Crippen LogP contribution < -0.4 is 15.9 Å². The highest BCUT2D eigenvalue weighted by Gasteiger charge is 2.35. The predicted molar refractivity (Wildman–Crippen MR) is 47.9 cm³/mol. The maximum absolute atomic E-state index is 10.8. The first-order valence-corrected chi connectivity index (χ1v) is 4.39. The molecule has 2 atom stereocenters. The van der Waals surface area contributed by atoms with Crippen LogP contribution in [0, 0.1) is 5.92 Å². The first-order valence-electron chi connectivity index (χ1n) is 4.39. The molecule has 0 saturated heterocycles. The molecular formula is C10H11NO4-2. The topological polar surface area (TPSA) is 106 Å². The molecule has 0 spiro atoms. The molecule has 0 saturated carbocycles. The van der Waals surface area contributed by atoms with E-state index in [4.69, 9.17) is 5.73 Å². The highest BCUT2D eigenvalue weighted by atomic mass is 16.4. The second-order valence-electron chi connectivity index (χ2n) is 3.76. The zero-order valence-electron chi connectivity index (χ0n) is 8.44. The molecule has 2 unspecified atom stereocenters. The molecule has 0 bridgehead atoms. The van der Waals surface area contributed by atoms with Crippen LogP contribution in [-0.2, 0) is 9.59 Å². The maximum atomic E-state index is 10.8. The minimum Gasteiger partial charge on any atom is -0.549 e. The Morgan fingerprint density at radius 1 is 1.47 bits per heavy atom. The van der Waals surface area contributed by atoms with Crippen molar-refractivity contribution in [1.82, 2.24) is 0 Å². The summed E-state index contributed by atoms with van der Waals surface area (Å²) >= 11 is 0. The highest BCUT2D eigenvalue weighted by molar-refractivity contribution is 5.91. The minimum atomic E-state index is -1.36. The minimum absolute atomic E-state index is 0.0718. The summed E-state index contributed by atoms with van der Waals surface area (Å²) in [6, 6.07) is 0. The zero-order valence-corrected chi connectivity index (χ0v) is 8.44. The molecule has 1 aliphatic carbocycles. The molecule has 0 radical (unpaired) electrons. The Hall–Kier alpha value is -1.62. The smallest absolute Gasteiger partial charge is 0.0715 e. The van der Waals surface area contributed by atoms with E-state index in [0.29, 0.717) is 0 Å². The van der Waals surface area contributed by atoms with Crippen molar-refractivity contribution in [2.45, 2.75) is 19.4 Å². The summed E-state index contributed by atoms with van der Waals surface area (Å²) in [5.74, 6) is -3.72. The average Bonchev–Trinajstić information content (AvgIpc) is 2.07. The first-order chi connectivity index (χ1) is 6.78. The summed E-state index contributed by atoms with van der Waals surface area (Å²) in [6.45, 7) is 2.93. The first kappa shape index (κ1) is 11.5. The van der Waals surface area contributed by atoms with Crippen LogP contribution in [-0.4, -0.2) is 17.5 Å². The van der Waals surface area contributed by atoms with E-state index in [1.54, 1.807) is 0 Å². The fourth-order valence-corrected chi connectivity index (χ4v) is 1.59. The van der Waals surface area contributed by atoms with Gasteiger partial charge in [-0.2, -0.15) is 0 Å². The molecule has 5 nitrogen and oxygen atoms in total. The van der Waals surface area contributed by atoms with E-state index in [-0.39, 0.29) is 11.1 Å². The second kappa shape index (κ2) is 3.51. The molecule has 0 heterocycles. The van der Waals surface area contributed by atoms with Crippen molar-refractivity contribution in [3.05, 3.63) is 23.3 Å². The lowest BCUT2D eigenvalue weighted by atomic mass is 9.75. The summed E-state index contributed by atoms with van der Waals surface area (Å²) in [5.41, 5.74) is 4.72. The van der Waals surface area contributed by atoms with Gasteiger partial charge in [0, 0.05) is 11.5 Å². The number of aliphatic carboxylic acids is 2. The third kappa shape index (κ3) is 1.78. The van der Waals surface area contributed by atoms with Gasteiger partial charge in [0.1, 0.15) is 0 Å². The standard InChI is InChI=1S/C10H13NO4/c1-5-6(8(12)13)3-4-7(9(14)15)10(5,2)11/h3-4,7H,11H2,1-2H3,(H,12,13)(H,14,15)/p-2. The quantitative estimate of drug-likeness (QED) is 0.550. The van der Waals surface area contributed by atoms with Gasteiger partial charge in [0.05, 0.1) is 11.9 Å². The van der Waals surface area contributed by atoms with E-state index >= 15 is 0 Å². The Balaban J connectivity index is 3.23. The van der Waals surface area contributed by atoms with Crippen LogP contribution in [0.1, 0.15) is 13.8 Å². The van der Waals surface area contributed by atoms with Crippen molar-refractivity contribution in [1.29, 1.82) is 0 Å². The Bertz CT molecular complexity index is 379. The van der Waals surface area contributed by atoms with Gasteiger partial charge < -0.3 is 25.5 Å². The van der Waals surface area contributed by atoms with E-state index < -0.39 is 23.4 Å². The summed E-state index contributed by atoms with van der Waals surface area (Å²) in [5, 5.41) is 21.5. The lowest BCUT2D eigenvalue weighted by Gasteiger charge is -2.38. The molecule has 0 amide bonds. The number of carbonyl (C=O) groups is 2. The number of carbonyl (C=O) groups excluding carboxylic acids is 2. The Morgan fingerprint density at radius 2 is 2.00 bits per heavy atom. The van der Waals surface area contributed by atoms with Crippen LogP contribution in [0.25, 0.3) is 0 Å². The van der Waals surface area contributed by atoms with E-state index in [1.807, 2.05) is 0 Å². The molecule has 0 aromatic heterocycles. The van der Waals surface area contributed by atoms with Crippen molar-refractivity contribution >= 4 is 11.9 Å². The third-order valence-electron chi connectivity index (χ3n) is 2.79. The second-order valence-corrected chi connectivity index (χ2v) is 3.76. The molecule has 1 rings (SSSR count). The van der Waals surface area contributed by atoms with Gasteiger partial charge in [0.2, 0.25) is 0 Å². The number of carboxylic acids is 2. The van der Waals surface area contributed by atoms with E-state index in [0.717, 1.165) is 0 Å². The van der Waals surface area contributed by atoms with E-state index in [2.05, 4.69) is 0 Å². The molecule has 1 aliphatic rings. The van der Waals surface area contributed by atoms with Crippen LogP contribution in [0.2, 0.25) is 0 Å². The van der Waals surface area contributed by atoms with Crippen LogP contribution in [0.5, 0.6) is 0 Å². The molecule has 82 valence electrons. The number of hydrogen-bond donors (Lipinski definition) is 1. The van der Waals surface area contributed by atoms with Gasteiger partial charge in [0.25, 0.3) is 0 Å². The molecule has 15 heavy (non-hydrogen) atoms. The van der Waals surface area contributed by atoms with E-state index in [1.165, 1.54) is 26.0 Å². The van der Waals surface area contributed by atoms with Crippen LogP contribution in [0.3, 0.4) is 0 Å². The molecule has 5 heteroatoms. The van der Waals surface area contributed by atoms with Crippen LogP contribution >= 0.6 is 0 Å². The molecule has 0 aromatic rings. The average molecular weight is 209 g/mol. The molecule has 0 aromatic carbocycles. The third-order valence-corrected chi connectivity index (χ3v) is 2.79. The van der Waals surface area contributed by atoms with Gasteiger partial charge in [0.15, 0.2) is 0 Å². The Kier molecular flexibility index (Phi) is 2.68. The zero-order chi connectivity index (χ0) is 11.8. The van der Waals surface area contributed by atoms with Crippen molar-refractivity contribution < 1.29 is 19.8 Å². The largest absolute Gasteiger partial charge is 0.549 e. The summed E-state index contributed by atoms with van der Waals surface area (Å²) in [6.07, 6.45) is 2.41. The van der Waals surface area contributed by atoms with Crippen molar-refractivity contribution in [2.24, 2.45) is 11.7 Å². The lowest BCUT2D eigenvalue weighted by Crippen LogP contribution is -2.54. The predicted octanol–water partition coefficient (Wildman–Crippen LogP) is -2.29. The fraction of sp³-hybridized carbons (Fsp3) is 0.400. The van der Waals surface area contributed by atoms with E-state index in [9.17, 15) is 19.8 Å². The maximum Gasteiger partial charge on any atom is 0.0715 e. The van der Waals surface area contributed by atoms with Gasteiger partial charge in [-0.15, -0.1) is 0 Å².